The van der Waals surface area contributed by atoms with E-state index in [1.807, 2.05) is 0 Å². The second-order valence-corrected chi connectivity index (χ2v) is 8.20. The van der Waals surface area contributed by atoms with Crippen LogP contribution in [0.3, 0.4) is 0 Å². The largest absolute Gasteiger partial charge is 0.470 e. The first kappa shape index (κ1) is 20.2. The predicted molar refractivity (Wildman–Crippen MR) is 86.4 cm³/mol. The number of nitrogens with zero attached hydrogens (tertiary/aromatic N) is 2. The summed E-state index contributed by atoms with van der Waals surface area (Å²) in [5.74, 6) is -2.98. The summed E-state index contributed by atoms with van der Waals surface area (Å²) in [6.45, 7) is -0.205. The number of anilines is 1. The molecule has 1 fully saturated rings. The van der Waals surface area contributed by atoms with Crippen molar-refractivity contribution in [2.45, 2.75) is 35.3 Å². The molecule has 1 aromatic carbocycles. The maximum Gasteiger partial charge on any atom is 0.470 e. The van der Waals surface area contributed by atoms with Crippen molar-refractivity contribution in [3.63, 3.8) is 0 Å². The lowest BCUT2D eigenvalue weighted by Crippen LogP contribution is -2.57. The van der Waals surface area contributed by atoms with Gasteiger partial charge in [0.1, 0.15) is 0 Å². The lowest BCUT2D eigenvalue weighted by atomic mass is 9.95. The molecule has 28 heavy (non-hydrogen) atoms. The van der Waals surface area contributed by atoms with Crippen molar-refractivity contribution < 1.29 is 35.2 Å². The predicted octanol–water partition coefficient (Wildman–Crippen LogP) is 1.92. The SMILES string of the molecule is O=C(Nc1ccccc1)C1(S(=O)(=O)c2nnc(C(F)(F)F)o2)CCNC(F)C1. The zero-order chi connectivity index (χ0) is 20.6. The van der Waals surface area contributed by atoms with E-state index in [1.165, 1.54) is 12.1 Å². The minimum atomic E-state index is -5.07. The van der Waals surface area contributed by atoms with Crippen molar-refractivity contribution in [3.05, 3.63) is 36.2 Å². The molecule has 1 amide bonds. The number of amides is 1. The first-order valence-electron chi connectivity index (χ1n) is 7.95. The Morgan fingerprint density at radius 2 is 1.93 bits per heavy atom. The van der Waals surface area contributed by atoms with Crippen LogP contribution in [0.5, 0.6) is 0 Å². The van der Waals surface area contributed by atoms with Crippen molar-refractivity contribution in [2.75, 3.05) is 11.9 Å². The number of halogens is 4. The zero-order valence-electron chi connectivity index (χ0n) is 14.0. The smallest absolute Gasteiger partial charge is 0.404 e. The molecule has 0 spiro atoms. The van der Waals surface area contributed by atoms with Gasteiger partial charge in [-0.1, -0.05) is 23.3 Å². The van der Waals surface area contributed by atoms with E-state index in [0.717, 1.165) is 0 Å². The van der Waals surface area contributed by atoms with Gasteiger partial charge in [-0.05, 0) is 25.1 Å². The Morgan fingerprint density at radius 1 is 1.25 bits per heavy atom. The van der Waals surface area contributed by atoms with Gasteiger partial charge in [0.2, 0.25) is 15.7 Å². The first-order chi connectivity index (χ1) is 13.1. The number of nitrogens with one attached hydrogen (secondary N) is 2. The van der Waals surface area contributed by atoms with Gasteiger partial charge >= 0.3 is 17.3 Å². The fraction of sp³-hybridized carbons (Fsp3) is 0.400. The van der Waals surface area contributed by atoms with Crippen LogP contribution < -0.4 is 10.6 Å². The van der Waals surface area contributed by atoms with E-state index in [2.05, 4.69) is 25.2 Å². The summed E-state index contributed by atoms with van der Waals surface area (Å²) in [5, 5.41) is 8.94. The summed E-state index contributed by atoms with van der Waals surface area (Å²) < 4.78 is 80.0. The monoisotopic (exact) mass is 422 g/mol. The molecular formula is C15H14F4N4O4S. The van der Waals surface area contributed by atoms with Gasteiger partial charge in [0, 0.05) is 12.1 Å². The third-order valence-electron chi connectivity index (χ3n) is 4.24. The zero-order valence-corrected chi connectivity index (χ0v) is 14.8. The molecule has 0 bridgehead atoms. The van der Waals surface area contributed by atoms with Crippen LogP contribution in [0.15, 0.2) is 40.0 Å². The van der Waals surface area contributed by atoms with Crippen LogP contribution in [0, 0.1) is 0 Å². The Kier molecular flexibility index (Phi) is 5.14. The third-order valence-corrected chi connectivity index (χ3v) is 6.45. The number of piperidine rings is 1. The second kappa shape index (κ2) is 7.13. The molecular weight excluding hydrogens is 408 g/mol. The number of alkyl halides is 4. The summed E-state index contributed by atoms with van der Waals surface area (Å²) in [5.41, 5.74) is 0.234. The Labute approximate surface area is 156 Å². The van der Waals surface area contributed by atoms with E-state index >= 15 is 0 Å². The number of hydrogen-bond donors (Lipinski definition) is 2. The Morgan fingerprint density at radius 3 is 2.50 bits per heavy atom. The summed E-state index contributed by atoms with van der Waals surface area (Å²) in [6.07, 6.45) is -8.19. The maximum absolute atomic E-state index is 14.0. The number of carbonyl (C=O) groups excluding carboxylic acids is 1. The molecule has 1 aliphatic rings. The van der Waals surface area contributed by atoms with E-state index in [1.54, 1.807) is 18.2 Å². The van der Waals surface area contributed by atoms with Crippen molar-refractivity contribution >= 4 is 21.4 Å². The Balaban J connectivity index is 2.03. The van der Waals surface area contributed by atoms with E-state index in [0.29, 0.717) is 0 Å². The van der Waals surface area contributed by atoms with Gasteiger partial charge in [-0.15, -0.1) is 5.10 Å². The summed E-state index contributed by atoms with van der Waals surface area (Å²) in [7, 11) is -4.95. The number of sulfone groups is 1. The van der Waals surface area contributed by atoms with Crippen molar-refractivity contribution in [3.8, 4) is 0 Å². The maximum atomic E-state index is 14.0. The first-order valence-corrected chi connectivity index (χ1v) is 9.44. The number of para-hydroxylation sites is 1. The van der Waals surface area contributed by atoms with Crippen LogP contribution in [0.1, 0.15) is 18.7 Å². The number of aromatic nitrogens is 2. The number of rotatable bonds is 4. The van der Waals surface area contributed by atoms with Crippen LogP contribution in [-0.4, -0.2) is 42.1 Å². The molecule has 1 aromatic heterocycles. The molecule has 3 rings (SSSR count). The molecule has 2 unspecified atom stereocenters. The van der Waals surface area contributed by atoms with E-state index in [4.69, 9.17) is 0 Å². The Hall–Kier alpha value is -2.54. The number of hydrogen-bond acceptors (Lipinski definition) is 7. The van der Waals surface area contributed by atoms with Crippen molar-refractivity contribution in [1.29, 1.82) is 0 Å². The topological polar surface area (TPSA) is 114 Å². The van der Waals surface area contributed by atoms with Gasteiger partial charge in [-0.3, -0.25) is 10.1 Å². The van der Waals surface area contributed by atoms with E-state index in [-0.39, 0.29) is 12.2 Å². The standard InChI is InChI=1S/C15H14F4N4O4S/c16-10-8-14(6-7-20-10,11(24)21-9-4-2-1-3-5-9)28(25,26)13-23-22-12(27-13)15(17,18)19/h1-5,10,20H,6-8H2,(H,21,24). The number of benzene rings is 1. The normalized spacial score (nSPS) is 23.4. The van der Waals surface area contributed by atoms with Crippen LogP contribution in [0.2, 0.25) is 0 Å². The molecule has 0 radical (unpaired) electrons. The van der Waals surface area contributed by atoms with Crippen LogP contribution >= 0.6 is 0 Å². The van der Waals surface area contributed by atoms with Crippen LogP contribution in [-0.2, 0) is 20.8 Å². The highest BCUT2D eigenvalue weighted by Crippen LogP contribution is 2.38. The van der Waals surface area contributed by atoms with Gasteiger partial charge in [-0.25, -0.2) is 12.8 Å². The highest BCUT2D eigenvalue weighted by atomic mass is 32.2. The van der Waals surface area contributed by atoms with Gasteiger partial charge in [-0.2, -0.15) is 13.2 Å². The van der Waals surface area contributed by atoms with Gasteiger partial charge in [0.25, 0.3) is 0 Å². The fourth-order valence-electron chi connectivity index (χ4n) is 2.83. The van der Waals surface area contributed by atoms with Crippen molar-refractivity contribution in [1.82, 2.24) is 15.5 Å². The molecule has 13 heteroatoms. The minimum absolute atomic E-state index is 0.205. The highest BCUT2D eigenvalue weighted by Gasteiger charge is 2.57. The van der Waals surface area contributed by atoms with Gasteiger partial charge in [0.15, 0.2) is 11.0 Å². The van der Waals surface area contributed by atoms with E-state index in [9.17, 15) is 30.8 Å². The summed E-state index contributed by atoms with van der Waals surface area (Å²) in [6, 6.07) is 7.75. The summed E-state index contributed by atoms with van der Waals surface area (Å²) in [4.78, 5) is 12.9. The van der Waals surface area contributed by atoms with Crippen LogP contribution in [0.25, 0.3) is 0 Å². The molecule has 2 aromatic rings. The Bertz CT molecular complexity index is 964. The van der Waals surface area contributed by atoms with Gasteiger partial charge < -0.3 is 9.73 Å². The molecule has 0 saturated carbocycles. The molecule has 2 heterocycles. The molecule has 1 aliphatic heterocycles. The highest BCUT2D eigenvalue weighted by molar-refractivity contribution is 7.93. The third kappa shape index (κ3) is 3.58. The van der Waals surface area contributed by atoms with Crippen LogP contribution in [0.4, 0.5) is 23.2 Å². The lowest BCUT2D eigenvalue weighted by molar-refractivity contribution is -0.158. The molecule has 2 atom stereocenters. The van der Waals surface area contributed by atoms with Crippen molar-refractivity contribution in [2.24, 2.45) is 0 Å². The number of carbonyl (C=O) groups is 1. The molecule has 152 valence electrons. The average Bonchev–Trinajstić information content (AvgIpc) is 3.13. The van der Waals surface area contributed by atoms with Gasteiger partial charge in [0.05, 0.1) is 0 Å². The lowest BCUT2D eigenvalue weighted by Gasteiger charge is -2.35. The fourth-order valence-corrected chi connectivity index (χ4v) is 4.54. The summed E-state index contributed by atoms with van der Waals surface area (Å²) >= 11 is 0. The van der Waals surface area contributed by atoms with E-state index < -0.39 is 56.9 Å². The molecule has 0 aliphatic carbocycles. The second-order valence-electron chi connectivity index (χ2n) is 6.06. The molecule has 8 nitrogen and oxygen atoms in total. The molecule has 1 saturated heterocycles. The minimum Gasteiger partial charge on any atom is -0.404 e. The quantitative estimate of drug-likeness (QED) is 0.572. The molecule has 2 N–H and O–H groups in total. The average molecular weight is 422 g/mol.